The zero-order chi connectivity index (χ0) is 42.1. The maximum atomic E-state index is 2.44. The van der Waals surface area contributed by atoms with Gasteiger partial charge < -0.3 is 14.0 Å². The van der Waals surface area contributed by atoms with Gasteiger partial charge in [0, 0.05) is 64.2 Å². The molecule has 0 aliphatic carbocycles. The molecule has 10 aromatic carbocycles. The highest BCUT2D eigenvalue weighted by atomic mass is 32.1. The van der Waals surface area contributed by atoms with Crippen molar-refractivity contribution >= 4 is 92.2 Å². The van der Waals surface area contributed by atoms with E-state index in [1.807, 2.05) is 11.3 Å². The summed E-state index contributed by atoms with van der Waals surface area (Å²) in [5.41, 5.74) is 15.2. The van der Waals surface area contributed by atoms with E-state index in [0.717, 1.165) is 39.6 Å². The smallest absolute Gasteiger partial charge is 0.0554 e. The van der Waals surface area contributed by atoms with Crippen molar-refractivity contribution in [3.8, 4) is 33.6 Å². The van der Waals surface area contributed by atoms with E-state index >= 15 is 0 Å². The highest BCUT2D eigenvalue weighted by molar-refractivity contribution is 7.26. The number of hydrogen-bond donors (Lipinski definition) is 0. The van der Waals surface area contributed by atoms with E-state index in [9.17, 15) is 0 Å². The first kappa shape index (κ1) is 36.5. The summed E-state index contributed by atoms with van der Waals surface area (Å²) in [5.74, 6) is 0. The van der Waals surface area contributed by atoms with Crippen LogP contribution >= 0.6 is 11.3 Å². The molecule has 4 heteroatoms. The number of thiophene rings is 1. The number of nitrogens with zero attached hydrogens (tertiary/aromatic N) is 3. The van der Waals surface area contributed by atoms with Crippen LogP contribution in [0.15, 0.2) is 237 Å². The quantitative estimate of drug-likeness (QED) is 0.156. The molecule has 0 N–H and O–H groups in total. The minimum absolute atomic E-state index is 1.10. The summed E-state index contributed by atoms with van der Waals surface area (Å²) in [6, 6.07) is 86.4. The largest absolute Gasteiger partial charge is 0.310 e. The fraction of sp³-hybridized carbons (Fsp3) is 0. The van der Waals surface area contributed by atoms with Crippen LogP contribution in [0.1, 0.15) is 0 Å². The van der Waals surface area contributed by atoms with Crippen molar-refractivity contribution in [3.63, 3.8) is 0 Å². The molecule has 0 saturated carbocycles. The van der Waals surface area contributed by atoms with Gasteiger partial charge in [0.15, 0.2) is 0 Å². The maximum Gasteiger partial charge on any atom is 0.0554 e. The molecule has 0 atom stereocenters. The Bertz CT molecular complexity index is 3600. The van der Waals surface area contributed by atoms with Gasteiger partial charge >= 0.3 is 0 Å². The summed E-state index contributed by atoms with van der Waals surface area (Å²) in [6.07, 6.45) is 0. The summed E-state index contributed by atoms with van der Waals surface area (Å²) in [4.78, 5) is 2.44. The lowest BCUT2D eigenvalue weighted by atomic mass is 10.0. The number of hydrogen-bond acceptors (Lipinski definition) is 2. The third kappa shape index (κ3) is 5.66. The Kier molecular flexibility index (Phi) is 8.40. The first-order chi connectivity index (χ1) is 31.8. The van der Waals surface area contributed by atoms with Crippen molar-refractivity contribution in [2.75, 3.05) is 4.90 Å². The maximum absolute atomic E-state index is 2.44. The molecule has 3 nitrogen and oxygen atoms in total. The van der Waals surface area contributed by atoms with E-state index in [2.05, 4.69) is 251 Å². The molecule has 0 aliphatic rings. The molecular formula is C60H39N3S. The summed E-state index contributed by atoms with van der Waals surface area (Å²) >= 11 is 1.86. The average molecular weight is 834 g/mol. The molecule has 0 fully saturated rings. The normalized spacial score (nSPS) is 11.8. The zero-order valence-corrected chi connectivity index (χ0v) is 35.6. The molecule has 0 amide bonds. The van der Waals surface area contributed by atoms with Gasteiger partial charge in [0.25, 0.3) is 0 Å². The molecule has 13 rings (SSSR count). The van der Waals surface area contributed by atoms with Gasteiger partial charge in [-0.3, -0.25) is 0 Å². The van der Waals surface area contributed by atoms with Crippen molar-refractivity contribution in [2.24, 2.45) is 0 Å². The van der Waals surface area contributed by atoms with E-state index in [-0.39, 0.29) is 0 Å². The fourth-order valence-electron chi connectivity index (χ4n) is 10.1. The van der Waals surface area contributed by atoms with Crippen molar-refractivity contribution in [3.05, 3.63) is 237 Å². The molecule has 3 aromatic heterocycles. The van der Waals surface area contributed by atoms with Gasteiger partial charge in [-0.2, -0.15) is 0 Å². The topological polar surface area (TPSA) is 13.1 Å². The van der Waals surface area contributed by atoms with Crippen LogP contribution in [-0.2, 0) is 0 Å². The van der Waals surface area contributed by atoms with Gasteiger partial charge in [0.2, 0.25) is 0 Å². The van der Waals surface area contributed by atoms with Gasteiger partial charge in [-0.05, 0) is 90.0 Å². The summed E-state index contributed by atoms with van der Waals surface area (Å²) in [7, 11) is 0. The predicted molar refractivity (Wildman–Crippen MR) is 274 cm³/mol. The minimum atomic E-state index is 1.10. The summed E-state index contributed by atoms with van der Waals surface area (Å²) < 4.78 is 7.41. The Hall–Kier alpha value is -8.18. The molecule has 64 heavy (non-hydrogen) atoms. The number of para-hydroxylation sites is 6. The first-order valence-electron chi connectivity index (χ1n) is 21.8. The molecule has 3 heterocycles. The minimum Gasteiger partial charge on any atom is -0.310 e. The number of fused-ring (bicyclic) bond motifs is 9. The van der Waals surface area contributed by atoms with Gasteiger partial charge in [-0.1, -0.05) is 158 Å². The molecule has 13 aromatic rings. The Labute approximate surface area is 374 Å². The Balaban J connectivity index is 0.954. The highest BCUT2D eigenvalue weighted by Gasteiger charge is 2.21. The van der Waals surface area contributed by atoms with Gasteiger partial charge in [0.1, 0.15) is 0 Å². The molecule has 0 saturated heterocycles. The Morgan fingerprint density at radius 1 is 0.297 bits per heavy atom. The van der Waals surface area contributed by atoms with Crippen LogP contribution in [0.2, 0.25) is 0 Å². The average Bonchev–Trinajstić information content (AvgIpc) is 4.03. The standard InChI is InChI=1S/C60H39N3S/c1-8-23-51(62-53-25-10-3-18-46(53)47-19-4-11-26-54(47)62)44(16-1)40-32-36-42(37-33-40)61(57-29-15-31-59-60(57)50-22-7-14-30-58(50)64-59)43-38-34-41(35-39-43)45-17-2-9-24-52(45)63-55-27-12-5-20-48(55)49-21-6-13-28-56(49)63/h1-39H. The van der Waals surface area contributed by atoms with Crippen LogP contribution in [0.3, 0.4) is 0 Å². The van der Waals surface area contributed by atoms with Gasteiger partial charge in [-0.25, -0.2) is 0 Å². The third-order valence-electron chi connectivity index (χ3n) is 12.9. The lowest BCUT2D eigenvalue weighted by Gasteiger charge is -2.27. The second kappa shape index (κ2) is 14.7. The van der Waals surface area contributed by atoms with Crippen molar-refractivity contribution < 1.29 is 0 Å². The fourth-order valence-corrected chi connectivity index (χ4v) is 11.3. The SMILES string of the molecule is c1ccc(-n2c3ccccc3c3ccccc32)c(-c2ccc(N(c3ccc(-c4ccccc4-n4c5ccccc5c5ccccc54)cc3)c3cccc4sc5ccccc5c34)cc2)c1. The van der Waals surface area contributed by atoms with Crippen LogP contribution in [0.4, 0.5) is 17.1 Å². The van der Waals surface area contributed by atoms with E-state index in [4.69, 9.17) is 0 Å². The van der Waals surface area contributed by atoms with Crippen molar-refractivity contribution in [1.29, 1.82) is 0 Å². The predicted octanol–water partition coefficient (Wildman–Crippen LogP) is 17.1. The Morgan fingerprint density at radius 3 is 1.14 bits per heavy atom. The third-order valence-corrected chi connectivity index (χ3v) is 14.1. The van der Waals surface area contributed by atoms with Crippen LogP contribution in [0, 0.1) is 0 Å². The van der Waals surface area contributed by atoms with Gasteiger partial charge in [0.05, 0.1) is 39.1 Å². The van der Waals surface area contributed by atoms with Crippen LogP contribution < -0.4 is 4.90 Å². The summed E-state index contributed by atoms with van der Waals surface area (Å²) in [5, 5.41) is 7.58. The number of aromatic nitrogens is 2. The monoisotopic (exact) mass is 833 g/mol. The Morgan fingerprint density at radius 2 is 0.672 bits per heavy atom. The number of benzene rings is 10. The lowest BCUT2D eigenvalue weighted by molar-refractivity contribution is 1.18. The number of anilines is 3. The first-order valence-corrected chi connectivity index (χ1v) is 22.7. The second-order valence-corrected chi connectivity index (χ2v) is 17.5. The van der Waals surface area contributed by atoms with E-state index in [0.29, 0.717) is 0 Å². The molecule has 300 valence electrons. The van der Waals surface area contributed by atoms with E-state index in [1.165, 1.54) is 74.9 Å². The summed E-state index contributed by atoms with van der Waals surface area (Å²) in [6.45, 7) is 0. The molecule has 0 spiro atoms. The second-order valence-electron chi connectivity index (χ2n) is 16.5. The number of rotatable bonds is 7. The van der Waals surface area contributed by atoms with Crippen LogP contribution in [0.5, 0.6) is 0 Å². The molecule has 0 aliphatic heterocycles. The molecule has 0 unspecified atom stereocenters. The van der Waals surface area contributed by atoms with E-state index < -0.39 is 0 Å². The van der Waals surface area contributed by atoms with Crippen LogP contribution in [-0.4, -0.2) is 9.13 Å². The van der Waals surface area contributed by atoms with E-state index in [1.54, 1.807) is 0 Å². The van der Waals surface area contributed by atoms with Crippen molar-refractivity contribution in [2.45, 2.75) is 0 Å². The van der Waals surface area contributed by atoms with Gasteiger partial charge in [-0.15, -0.1) is 11.3 Å². The molecular weight excluding hydrogens is 795 g/mol. The van der Waals surface area contributed by atoms with Crippen molar-refractivity contribution in [1.82, 2.24) is 9.13 Å². The zero-order valence-electron chi connectivity index (χ0n) is 34.8. The molecule has 0 bridgehead atoms. The molecule has 0 radical (unpaired) electrons. The highest BCUT2D eigenvalue weighted by Crippen LogP contribution is 2.46. The van der Waals surface area contributed by atoms with Crippen LogP contribution in [0.25, 0.3) is 97.4 Å². The lowest BCUT2D eigenvalue weighted by Crippen LogP contribution is -2.10.